The first-order valence-electron chi connectivity index (χ1n) is 9.49. The maximum absolute atomic E-state index is 13.5. The topological polar surface area (TPSA) is 109 Å². The van der Waals surface area contributed by atoms with E-state index in [1.165, 1.54) is 6.33 Å². The van der Waals surface area contributed by atoms with E-state index in [2.05, 4.69) is 15.3 Å². The second kappa shape index (κ2) is 7.68. The molecule has 4 rings (SSSR count). The number of nitriles is 1. The van der Waals surface area contributed by atoms with Gasteiger partial charge in [0.1, 0.15) is 29.6 Å². The van der Waals surface area contributed by atoms with Gasteiger partial charge in [0.15, 0.2) is 0 Å². The van der Waals surface area contributed by atoms with Crippen molar-refractivity contribution in [3.05, 3.63) is 88.1 Å². The van der Waals surface area contributed by atoms with Gasteiger partial charge in [-0.1, -0.05) is 36.4 Å². The van der Waals surface area contributed by atoms with Crippen LogP contribution in [-0.4, -0.2) is 14.4 Å². The van der Waals surface area contributed by atoms with Crippen molar-refractivity contribution < 1.29 is 0 Å². The fraction of sp³-hybridized carbons (Fsp3) is 0.130. The molecule has 7 nitrogen and oxygen atoms in total. The van der Waals surface area contributed by atoms with Gasteiger partial charge in [0.25, 0.3) is 5.56 Å². The van der Waals surface area contributed by atoms with Gasteiger partial charge >= 0.3 is 0 Å². The number of benzene rings is 1. The standard InChI is InChI=1S/C23H20N6O/c1-14-7-6-10-17-11-18(15(2)28-22-19(12-24)21(25)26-13-27-22)20(23(30)29(14)17)16-8-4-3-5-9-16/h3-11,13,15H,1-2H3,(H3,25,26,27,28)/t15-/m1/s1. The lowest BCUT2D eigenvalue weighted by Crippen LogP contribution is -2.22. The van der Waals surface area contributed by atoms with E-state index in [1.807, 2.05) is 74.5 Å². The molecule has 1 atom stereocenters. The minimum absolute atomic E-state index is 0.0943. The Kier molecular flexibility index (Phi) is 4.90. The predicted molar refractivity (Wildman–Crippen MR) is 117 cm³/mol. The summed E-state index contributed by atoms with van der Waals surface area (Å²) in [6.07, 6.45) is 1.31. The van der Waals surface area contributed by atoms with Gasteiger partial charge < -0.3 is 11.1 Å². The Morgan fingerprint density at radius 3 is 2.63 bits per heavy atom. The molecule has 148 valence electrons. The van der Waals surface area contributed by atoms with Crippen LogP contribution in [0.15, 0.2) is 65.7 Å². The van der Waals surface area contributed by atoms with Crippen LogP contribution in [0, 0.1) is 18.3 Å². The lowest BCUT2D eigenvalue weighted by molar-refractivity contribution is 0.863. The predicted octanol–water partition coefficient (Wildman–Crippen LogP) is 3.69. The summed E-state index contributed by atoms with van der Waals surface area (Å²) >= 11 is 0. The Hall–Kier alpha value is -4.18. The summed E-state index contributed by atoms with van der Waals surface area (Å²) in [6.45, 7) is 3.83. The third-order valence-corrected chi connectivity index (χ3v) is 5.09. The van der Waals surface area contributed by atoms with E-state index < -0.39 is 0 Å². The Bertz CT molecular complexity index is 1340. The van der Waals surface area contributed by atoms with E-state index in [9.17, 15) is 10.1 Å². The summed E-state index contributed by atoms with van der Waals surface area (Å²) in [7, 11) is 0. The van der Waals surface area contributed by atoms with Crippen molar-refractivity contribution in [1.82, 2.24) is 14.4 Å². The average Bonchev–Trinajstić information content (AvgIpc) is 2.74. The van der Waals surface area contributed by atoms with E-state index in [0.29, 0.717) is 11.4 Å². The molecule has 0 saturated carbocycles. The van der Waals surface area contributed by atoms with Crippen molar-refractivity contribution in [2.75, 3.05) is 11.1 Å². The summed E-state index contributed by atoms with van der Waals surface area (Å²) in [5.41, 5.74) is 9.79. The van der Waals surface area contributed by atoms with Gasteiger partial charge in [0.2, 0.25) is 0 Å². The first-order chi connectivity index (χ1) is 14.5. The molecule has 30 heavy (non-hydrogen) atoms. The smallest absolute Gasteiger partial charge is 0.263 e. The van der Waals surface area contributed by atoms with Crippen molar-refractivity contribution in [3.63, 3.8) is 0 Å². The number of hydrogen-bond acceptors (Lipinski definition) is 6. The third kappa shape index (κ3) is 3.25. The fourth-order valence-corrected chi connectivity index (χ4v) is 3.63. The Labute approximate surface area is 173 Å². The zero-order valence-electron chi connectivity index (χ0n) is 16.6. The number of nitrogens with two attached hydrogens (primary N) is 1. The maximum atomic E-state index is 13.5. The number of hydrogen-bond donors (Lipinski definition) is 2. The monoisotopic (exact) mass is 396 g/mol. The van der Waals surface area contributed by atoms with Crippen molar-refractivity contribution in [3.8, 4) is 17.2 Å². The highest BCUT2D eigenvalue weighted by Crippen LogP contribution is 2.30. The van der Waals surface area contributed by atoms with Crippen LogP contribution in [0.3, 0.4) is 0 Å². The van der Waals surface area contributed by atoms with Gasteiger partial charge in [-0.2, -0.15) is 5.26 Å². The van der Waals surface area contributed by atoms with Crippen LogP contribution in [0.4, 0.5) is 11.6 Å². The molecule has 3 N–H and O–H groups in total. The Morgan fingerprint density at radius 2 is 1.90 bits per heavy atom. The van der Waals surface area contributed by atoms with Gasteiger partial charge in [0, 0.05) is 11.2 Å². The van der Waals surface area contributed by atoms with Crippen LogP contribution in [-0.2, 0) is 0 Å². The van der Waals surface area contributed by atoms with E-state index in [1.54, 1.807) is 4.40 Å². The summed E-state index contributed by atoms with van der Waals surface area (Å²) in [6, 6.07) is 19.0. The molecule has 0 aliphatic carbocycles. The van der Waals surface area contributed by atoms with Crippen LogP contribution in [0.25, 0.3) is 16.6 Å². The minimum atomic E-state index is -0.320. The molecule has 0 amide bonds. The number of rotatable bonds is 4. The number of nitrogens with one attached hydrogen (secondary N) is 1. The fourth-order valence-electron chi connectivity index (χ4n) is 3.63. The van der Waals surface area contributed by atoms with Crippen LogP contribution in [0.1, 0.15) is 29.8 Å². The quantitative estimate of drug-likeness (QED) is 0.544. The molecule has 0 fully saturated rings. The number of aromatic nitrogens is 3. The number of nitrogen functional groups attached to an aromatic ring is 1. The van der Waals surface area contributed by atoms with Crippen LogP contribution >= 0.6 is 0 Å². The number of anilines is 2. The van der Waals surface area contributed by atoms with Gasteiger partial charge in [0.05, 0.1) is 11.6 Å². The Balaban J connectivity index is 1.93. The largest absolute Gasteiger partial charge is 0.382 e. The Morgan fingerprint density at radius 1 is 1.13 bits per heavy atom. The van der Waals surface area contributed by atoms with Crippen LogP contribution in [0.2, 0.25) is 0 Å². The number of fused-ring (bicyclic) bond motifs is 1. The van der Waals surface area contributed by atoms with Gasteiger partial charge in [-0.25, -0.2) is 9.97 Å². The lowest BCUT2D eigenvalue weighted by atomic mass is 9.96. The van der Waals surface area contributed by atoms with Crippen LogP contribution in [0.5, 0.6) is 0 Å². The molecule has 4 aromatic rings. The van der Waals surface area contributed by atoms with Crippen molar-refractivity contribution in [2.45, 2.75) is 19.9 Å². The van der Waals surface area contributed by atoms with Crippen molar-refractivity contribution in [1.29, 1.82) is 5.26 Å². The lowest BCUT2D eigenvalue weighted by Gasteiger charge is -2.21. The molecule has 0 aliphatic rings. The molecule has 0 spiro atoms. The second-order valence-corrected chi connectivity index (χ2v) is 7.03. The summed E-state index contributed by atoms with van der Waals surface area (Å²) in [4.78, 5) is 21.6. The molecule has 1 aromatic carbocycles. The van der Waals surface area contributed by atoms with E-state index in [-0.39, 0.29) is 23.0 Å². The molecule has 0 radical (unpaired) electrons. The molecule has 7 heteroatoms. The molecule has 3 heterocycles. The first kappa shape index (κ1) is 19.2. The molecule has 0 aliphatic heterocycles. The summed E-state index contributed by atoms with van der Waals surface area (Å²) < 4.78 is 1.71. The molecule has 3 aromatic heterocycles. The molecular formula is C23H20N6O. The number of pyridine rings is 2. The minimum Gasteiger partial charge on any atom is -0.382 e. The number of aryl methyl sites for hydroxylation is 1. The maximum Gasteiger partial charge on any atom is 0.263 e. The van der Waals surface area contributed by atoms with E-state index >= 15 is 0 Å². The molecule has 0 unspecified atom stereocenters. The molecule has 0 bridgehead atoms. The zero-order chi connectivity index (χ0) is 21.3. The summed E-state index contributed by atoms with van der Waals surface area (Å²) in [5.74, 6) is 0.445. The third-order valence-electron chi connectivity index (χ3n) is 5.09. The van der Waals surface area contributed by atoms with Crippen molar-refractivity contribution >= 4 is 17.2 Å². The van der Waals surface area contributed by atoms with Gasteiger partial charge in [-0.3, -0.25) is 9.20 Å². The highest BCUT2D eigenvalue weighted by molar-refractivity contribution is 5.72. The number of nitrogens with zero attached hydrogens (tertiary/aromatic N) is 4. The van der Waals surface area contributed by atoms with E-state index in [4.69, 9.17) is 5.73 Å². The normalized spacial score (nSPS) is 11.8. The summed E-state index contributed by atoms with van der Waals surface area (Å²) in [5, 5.41) is 12.7. The van der Waals surface area contributed by atoms with Gasteiger partial charge in [-0.05, 0) is 43.2 Å². The van der Waals surface area contributed by atoms with Crippen LogP contribution < -0.4 is 16.6 Å². The SMILES string of the molecule is Cc1cccc2cc([C@@H](C)Nc3ncnc(N)c3C#N)c(-c3ccccc3)c(=O)n12. The van der Waals surface area contributed by atoms with E-state index in [0.717, 1.165) is 22.3 Å². The highest BCUT2D eigenvalue weighted by atomic mass is 16.1. The first-order valence-corrected chi connectivity index (χ1v) is 9.49. The average molecular weight is 396 g/mol. The van der Waals surface area contributed by atoms with Crippen molar-refractivity contribution in [2.24, 2.45) is 0 Å². The zero-order valence-corrected chi connectivity index (χ0v) is 16.6. The second-order valence-electron chi connectivity index (χ2n) is 7.03. The highest BCUT2D eigenvalue weighted by Gasteiger charge is 2.20. The van der Waals surface area contributed by atoms with Gasteiger partial charge in [-0.15, -0.1) is 0 Å². The molecule has 0 saturated heterocycles. The molecular weight excluding hydrogens is 376 g/mol.